The average molecular weight is 703 g/mol. The largest absolute Gasteiger partial charge is 0.496 e. The summed E-state index contributed by atoms with van der Waals surface area (Å²) in [5, 5.41) is 2.30. The van der Waals surface area contributed by atoms with E-state index in [4.69, 9.17) is 21.1 Å². The lowest BCUT2D eigenvalue weighted by atomic mass is 9.93. The van der Waals surface area contributed by atoms with Crippen molar-refractivity contribution in [2.75, 3.05) is 20.4 Å². The number of benzene rings is 3. The highest BCUT2D eigenvalue weighted by molar-refractivity contribution is 7.98. The molecule has 1 heterocycles. The quantitative estimate of drug-likeness (QED) is 0.194. The van der Waals surface area contributed by atoms with Gasteiger partial charge in [-0.3, -0.25) is 4.79 Å². The maximum atomic E-state index is 14.6. The van der Waals surface area contributed by atoms with Gasteiger partial charge in [0, 0.05) is 30.1 Å². The fourth-order valence-electron chi connectivity index (χ4n) is 5.59. The van der Waals surface area contributed by atoms with E-state index in [0.717, 1.165) is 77.2 Å². The molecule has 6 nitrogen and oxygen atoms in total. The first kappa shape index (κ1) is 36.5. The van der Waals surface area contributed by atoms with Crippen LogP contribution in [0.25, 0.3) is 21.2 Å². The fraction of sp³-hybridized carbons (Fsp3) is 0.389. The summed E-state index contributed by atoms with van der Waals surface area (Å²) < 4.78 is 39.7. The van der Waals surface area contributed by atoms with E-state index in [-0.39, 0.29) is 43.6 Å². The molecule has 11 heteroatoms. The molecule has 0 spiro atoms. The summed E-state index contributed by atoms with van der Waals surface area (Å²) >= 11 is 9.14. The zero-order valence-corrected chi connectivity index (χ0v) is 29.9. The minimum Gasteiger partial charge on any atom is -0.496 e. The van der Waals surface area contributed by atoms with Crippen LogP contribution in [0.1, 0.15) is 68.1 Å². The van der Waals surface area contributed by atoms with Crippen LogP contribution in [0.4, 0.5) is 13.6 Å². The average Bonchev–Trinajstić information content (AvgIpc) is 3.43. The number of amides is 2. The molecule has 0 saturated heterocycles. The van der Waals surface area contributed by atoms with E-state index in [1.54, 1.807) is 18.9 Å². The van der Waals surface area contributed by atoms with Gasteiger partial charge < -0.3 is 19.7 Å². The molecule has 2 amide bonds. The summed E-state index contributed by atoms with van der Waals surface area (Å²) in [7, 11) is 3.16. The van der Waals surface area contributed by atoms with Crippen LogP contribution in [0.2, 0.25) is 5.02 Å². The summed E-state index contributed by atoms with van der Waals surface area (Å²) in [5.41, 5.74) is 2.62. The number of carbonyl (C=O) groups excluding carboxylic acids is 2. The number of thioether (sulfide) groups is 1. The third-order valence-corrected chi connectivity index (χ3v) is 10.3. The first-order chi connectivity index (χ1) is 22.4. The van der Waals surface area contributed by atoms with Gasteiger partial charge in [0.05, 0.1) is 22.2 Å². The molecule has 252 valence electrons. The Bertz CT molecular complexity index is 1720. The van der Waals surface area contributed by atoms with Crippen LogP contribution in [0.15, 0.2) is 59.5 Å². The first-order valence-corrected chi connectivity index (χ1v) is 17.9. The van der Waals surface area contributed by atoms with Crippen molar-refractivity contribution in [3.8, 4) is 16.9 Å². The van der Waals surface area contributed by atoms with E-state index in [1.807, 2.05) is 56.2 Å². The Morgan fingerprint density at radius 3 is 2.32 bits per heavy atom. The van der Waals surface area contributed by atoms with Crippen molar-refractivity contribution in [1.29, 1.82) is 0 Å². The Morgan fingerprint density at radius 1 is 1.04 bits per heavy atom. The second-order valence-corrected chi connectivity index (χ2v) is 14.4. The van der Waals surface area contributed by atoms with Crippen molar-refractivity contribution < 1.29 is 27.8 Å². The van der Waals surface area contributed by atoms with E-state index in [9.17, 15) is 18.4 Å². The number of nitrogens with zero attached hydrogens (tertiary/aromatic N) is 1. The number of halogens is 3. The number of methoxy groups -OCH3 is 1. The zero-order valence-electron chi connectivity index (χ0n) is 27.5. The lowest BCUT2D eigenvalue weighted by molar-refractivity contribution is 0.0540. The summed E-state index contributed by atoms with van der Waals surface area (Å²) in [6, 6.07) is 16.4. The fourth-order valence-corrected chi connectivity index (χ4v) is 7.72. The number of hydrogen-bond donors (Lipinski definition) is 1. The molecule has 1 aromatic heterocycles. The van der Waals surface area contributed by atoms with Crippen LogP contribution in [-0.4, -0.2) is 49.0 Å². The Labute approximate surface area is 288 Å². The predicted octanol–water partition coefficient (Wildman–Crippen LogP) is 10.3. The maximum Gasteiger partial charge on any atom is 0.407 e. The number of nitrogens with one attached hydrogen (secondary N) is 1. The second-order valence-electron chi connectivity index (χ2n) is 12.2. The monoisotopic (exact) mass is 702 g/mol. The van der Waals surface area contributed by atoms with E-state index >= 15 is 0 Å². The number of alkyl carbamates (subject to hydrolysis) is 1. The number of thiophene rings is 1. The molecule has 5 rings (SSSR count). The van der Waals surface area contributed by atoms with Crippen molar-refractivity contribution in [2.24, 2.45) is 0 Å². The highest BCUT2D eigenvalue weighted by Gasteiger charge is 2.31. The molecule has 47 heavy (non-hydrogen) atoms. The molecule has 1 N–H and O–H groups in total. The molecule has 0 atom stereocenters. The molecule has 0 bridgehead atoms. The molecule has 4 aromatic rings. The Hall–Kier alpha value is -3.34. The molecular weight excluding hydrogens is 662 g/mol. The standard InChI is InChI=1S/C30H28ClF2NO2S2.C6H13NO2/c1-36-24-15-12-18(21-10-6-7-11-25(21)37-2)16-19(24)17-34(20-8-4-3-5-9-20)30(35)29-27(31)26-22(32)13-14-23(33)28(26)38-29;1-6(2,3)9-5(8)7-4/h6-7,10-16,20H,3-5,8-9,17H2,1-2H3;1-4H3,(H,7,8). The van der Waals surface area contributed by atoms with Gasteiger partial charge in [-0.2, -0.15) is 0 Å². The molecule has 3 aromatic carbocycles. The van der Waals surface area contributed by atoms with Gasteiger partial charge in [0.15, 0.2) is 0 Å². The maximum absolute atomic E-state index is 14.6. The second kappa shape index (κ2) is 16.2. The van der Waals surface area contributed by atoms with E-state index in [2.05, 4.69) is 23.5 Å². The highest BCUT2D eigenvalue weighted by Crippen LogP contribution is 2.41. The lowest BCUT2D eigenvalue weighted by Crippen LogP contribution is -2.40. The van der Waals surface area contributed by atoms with E-state index in [1.165, 1.54) is 7.05 Å². The number of hydrogen-bond acceptors (Lipinski definition) is 6. The number of rotatable bonds is 7. The Balaban J connectivity index is 0.000000488. The van der Waals surface area contributed by atoms with Crippen LogP contribution >= 0.6 is 34.7 Å². The van der Waals surface area contributed by atoms with Crippen LogP contribution in [0.3, 0.4) is 0 Å². The van der Waals surface area contributed by atoms with Gasteiger partial charge in [0.1, 0.15) is 27.9 Å². The van der Waals surface area contributed by atoms with Crippen LogP contribution < -0.4 is 10.1 Å². The van der Waals surface area contributed by atoms with Gasteiger partial charge in [0.2, 0.25) is 0 Å². The van der Waals surface area contributed by atoms with Gasteiger partial charge >= 0.3 is 6.09 Å². The topological polar surface area (TPSA) is 67.9 Å². The van der Waals surface area contributed by atoms with Gasteiger partial charge in [-0.15, -0.1) is 23.1 Å². The zero-order chi connectivity index (χ0) is 34.3. The summed E-state index contributed by atoms with van der Waals surface area (Å²) in [6.07, 6.45) is 6.58. The minimum atomic E-state index is -0.632. The van der Waals surface area contributed by atoms with Crippen LogP contribution in [0, 0.1) is 11.6 Å². The molecule has 0 aliphatic heterocycles. The van der Waals surface area contributed by atoms with Crippen molar-refractivity contribution in [3.63, 3.8) is 0 Å². The molecule has 0 unspecified atom stereocenters. The van der Waals surface area contributed by atoms with Crippen LogP contribution in [0.5, 0.6) is 5.75 Å². The Kier molecular flexibility index (Phi) is 12.6. The normalized spacial score (nSPS) is 13.5. The number of fused-ring (bicyclic) bond motifs is 1. The smallest absolute Gasteiger partial charge is 0.407 e. The number of ether oxygens (including phenoxy) is 2. The number of carbonyl (C=O) groups is 2. The SMILES string of the molecule is CNC(=O)OC(C)(C)C.COc1ccc(-c2ccccc2SC)cc1CN(C(=O)c1sc2c(F)ccc(F)c2c1Cl)C1CCCCC1. The van der Waals surface area contributed by atoms with E-state index in [0.29, 0.717) is 12.3 Å². The van der Waals surface area contributed by atoms with Crippen molar-refractivity contribution in [2.45, 2.75) is 76.0 Å². The molecule has 0 radical (unpaired) electrons. The molecule has 1 aliphatic carbocycles. The molecule has 1 saturated carbocycles. The summed E-state index contributed by atoms with van der Waals surface area (Å²) in [5.74, 6) is -0.839. The van der Waals surface area contributed by atoms with Gasteiger partial charge in [-0.1, -0.05) is 55.1 Å². The first-order valence-electron chi connectivity index (χ1n) is 15.5. The van der Waals surface area contributed by atoms with Gasteiger partial charge in [-0.25, -0.2) is 13.6 Å². The molecule has 1 aliphatic rings. The van der Waals surface area contributed by atoms with Gasteiger partial charge in [0.25, 0.3) is 5.91 Å². The third kappa shape index (κ3) is 8.97. The van der Waals surface area contributed by atoms with Crippen LogP contribution in [-0.2, 0) is 11.3 Å². The third-order valence-electron chi connectivity index (χ3n) is 7.79. The molecular formula is C36H41ClF2N2O4S2. The van der Waals surface area contributed by atoms with E-state index < -0.39 is 11.6 Å². The van der Waals surface area contributed by atoms with Crippen molar-refractivity contribution >= 4 is 56.8 Å². The molecule has 1 fully saturated rings. The summed E-state index contributed by atoms with van der Waals surface area (Å²) in [6.45, 7) is 5.77. The van der Waals surface area contributed by atoms with Gasteiger partial charge in [-0.05, 0) is 81.3 Å². The highest BCUT2D eigenvalue weighted by atomic mass is 35.5. The predicted molar refractivity (Wildman–Crippen MR) is 189 cm³/mol. The lowest BCUT2D eigenvalue weighted by Gasteiger charge is -2.34. The minimum absolute atomic E-state index is 0.000862. The summed E-state index contributed by atoms with van der Waals surface area (Å²) in [4.78, 5) is 27.7. The van der Waals surface area contributed by atoms with Crippen molar-refractivity contribution in [1.82, 2.24) is 10.2 Å². The Morgan fingerprint density at radius 2 is 1.72 bits per heavy atom. The van der Waals surface area contributed by atoms with Crippen molar-refractivity contribution in [3.05, 3.63) is 81.7 Å².